The van der Waals surface area contributed by atoms with Crippen LogP contribution in [0.5, 0.6) is 0 Å². The van der Waals surface area contributed by atoms with E-state index in [9.17, 15) is 9.90 Å². The average Bonchev–Trinajstić information content (AvgIpc) is 2.88. The van der Waals surface area contributed by atoms with Gasteiger partial charge in [0, 0.05) is 18.6 Å². The number of nitrogens with zero attached hydrogens (tertiary/aromatic N) is 2. The lowest BCUT2D eigenvalue weighted by Gasteiger charge is -2.35. The molecule has 2 atom stereocenters. The Hall–Kier alpha value is -1.82. The molecule has 6 heteroatoms. The van der Waals surface area contributed by atoms with Gasteiger partial charge in [-0.1, -0.05) is 0 Å². The van der Waals surface area contributed by atoms with Crippen LogP contribution in [0.1, 0.15) is 36.0 Å². The quantitative estimate of drug-likeness (QED) is 0.773. The van der Waals surface area contributed by atoms with E-state index < -0.39 is 5.97 Å². The van der Waals surface area contributed by atoms with E-state index in [4.69, 9.17) is 5.73 Å². The minimum Gasteiger partial charge on any atom is -0.478 e. The molecule has 2 unspecified atom stereocenters. The van der Waals surface area contributed by atoms with Gasteiger partial charge in [-0.3, -0.25) is 0 Å². The van der Waals surface area contributed by atoms with Crippen LogP contribution in [0.4, 0.5) is 11.5 Å². The van der Waals surface area contributed by atoms with Gasteiger partial charge in [-0.25, -0.2) is 9.78 Å². The summed E-state index contributed by atoms with van der Waals surface area (Å²) in [6.45, 7) is 2.29. The normalized spacial score (nSPS) is 26.2. The van der Waals surface area contributed by atoms with Crippen LogP contribution >= 0.6 is 0 Å². The molecule has 2 aliphatic rings. The Balaban J connectivity index is 1.73. The maximum absolute atomic E-state index is 11.3. The zero-order valence-corrected chi connectivity index (χ0v) is 11.4. The molecule has 6 nitrogen and oxygen atoms in total. The van der Waals surface area contributed by atoms with Crippen LogP contribution in [0.2, 0.25) is 0 Å². The molecule has 1 aromatic heterocycles. The summed E-state index contributed by atoms with van der Waals surface area (Å²) in [4.78, 5) is 17.9. The molecule has 0 aliphatic carbocycles. The second kappa shape index (κ2) is 5.28. The molecular weight excluding hydrogens is 256 g/mol. The number of piperidine rings is 1. The number of carbonyl (C=O) groups is 1. The number of nitrogens with one attached hydrogen (secondary N) is 1. The maximum atomic E-state index is 11.3. The third kappa shape index (κ3) is 2.56. The lowest BCUT2D eigenvalue weighted by molar-refractivity contribution is 0.0697. The van der Waals surface area contributed by atoms with Crippen molar-refractivity contribution in [2.24, 2.45) is 0 Å². The Labute approximate surface area is 118 Å². The first kappa shape index (κ1) is 13.2. The fourth-order valence-corrected chi connectivity index (χ4v) is 3.31. The predicted octanol–water partition coefficient (Wildman–Crippen LogP) is 1.40. The third-order valence-corrected chi connectivity index (χ3v) is 4.30. The Morgan fingerprint density at radius 3 is 3.10 bits per heavy atom. The predicted molar refractivity (Wildman–Crippen MR) is 76.8 cm³/mol. The van der Waals surface area contributed by atoms with Gasteiger partial charge in [-0.05, 0) is 38.3 Å². The first-order valence-corrected chi connectivity index (χ1v) is 7.13. The number of rotatable bonds is 3. The van der Waals surface area contributed by atoms with Gasteiger partial charge in [-0.15, -0.1) is 0 Å². The summed E-state index contributed by atoms with van der Waals surface area (Å²) in [5, 5.41) is 12.5. The molecule has 4 N–H and O–H groups in total. The summed E-state index contributed by atoms with van der Waals surface area (Å²) in [7, 11) is 0. The van der Waals surface area contributed by atoms with Gasteiger partial charge >= 0.3 is 5.97 Å². The van der Waals surface area contributed by atoms with Crippen molar-refractivity contribution in [3.05, 3.63) is 17.8 Å². The number of carboxylic acids is 1. The fraction of sp³-hybridized carbons (Fsp3) is 0.571. The summed E-state index contributed by atoms with van der Waals surface area (Å²) in [5.74, 6) is -0.561. The van der Waals surface area contributed by atoms with Crippen LogP contribution in [0.15, 0.2) is 12.3 Å². The zero-order chi connectivity index (χ0) is 14.1. The number of hydrogen-bond acceptors (Lipinski definition) is 5. The van der Waals surface area contributed by atoms with E-state index in [1.54, 1.807) is 0 Å². The minimum atomic E-state index is -0.995. The smallest absolute Gasteiger partial charge is 0.339 e. The highest BCUT2D eigenvalue weighted by atomic mass is 16.4. The molecule has 0 radical (unpaired) electrons. The van der Waals surface area contributed by atoms with Crippen molar-refractivity contribution < 1.29 is 9.90 Å². The molecule has 0 spiro atoms. The SMILES string of the molecule is Nc1cnc(NC2CCN3CCCC3C2)c(C(=O)O)c1. The van der Waals surface area contributed by atoms with Crippen molar-refractivity contribution in [2.45, 2.75) is 37.8 Å². The molecule has 2 aliphatic heterocycles. The highest BCUT2D eigenvalue weighted by Crippen LogP contribution is 2.29. The van der Waals surface area contributed by atoms with E-state index in [2.05, 4.69) is 15.2 Å². The van der Waals surface area contributed by atoms with E-state index in [1.165, 1.54) is 31.6 Å². The molecule has 0 amide bonds. The summed E-state index contributed by atoms with van der Waals surface area (Å²) in [5.41, 5.74) is 6.13. The number of nitrogens with two attached hydrogens (primary N) is 1. The second-order valence-electron chi connectivity index (χ2n) is 5.67. The highest BCUT2D eigenvalue weighted by molar-refractivity contribution is 5.94. The Morgan fingerprint density at radius 1 is 1.45 bits per heavy atom. The van der Waals surface area contributed by atoms with Gasteiger partial charge in [0.2, 0.25) is 0 Å². The first-order valence-electron chi connectivity index (χ1n) is 7.13. The number of pyridine rings is 1. The molecule has 108 valence electrons. The van der Waals surface area contributed by atoms with E-state index >= 15 is 0 Å². The van der Waals surface area contributed by atoms with Gasteiger partial charge in [0.15, 0.2) is 0 Å². The number of nitrogen functional groups attached to an aromatic ring is 1. The van der Waals surface area contributed by atoms with Gasteiger partial charge in [0.1, 0.15) is 11.4 Å². The standard InChI is InChI=1S/C14H20N4O2/c15-9-6-12(14(19)20)13(16-8-9)17-10-3-5-18-4-1-2-11(18)7-10/h6,8,10-11H,1-5,7,15H2,(H,16,17)(H,19,20). The van der Waals surface area contributed by atoms with Gasteiger partial charge in [0.05, 0.1) is 11.9 Å². The number of aromatic nitrogens is 1. The van der Waals surface area contributed by atoms with Crippen molar-refractivity contribution in [1.29, 1.82) is 0 Å². The summed E-state index contributed by atoms with van der Waals surface area (Å²) >= 11 is 0. The molecule has 2 fully saturated rings. The van der Waals surface area contributed by atoms with Gasteiger partial charge < -0.3 is 21.1 Å². The lowest BCUT2D eigenvalue weighted by Crippen LogP contribution is -2.43. The van der Waals surface area contributed by atoms with Gasteiger partial charge in [0.25, 0.3) is 0 Å². The monoisotopic (exact) mass is 276 g/mol. The van der Waals surface area contributed by atoms with Gasteiger partial charge in [-0.2, -0.15) is 0 Å². The number of anilines is 2. The molecule has 0 saturated carbocycles. The lowest BCUT2D eigenvalue weighted by atomic mass is 9.97. The van der Waals surface area contributed by atoms with Crippen molar-refractivity contribution in [1.82, 2.24) is 9.88 Å². The van der Waals surface area contributed by atoms with Crippen LogP contribution in [-0.4, -0.2) is 46.1 Å². The molecule has 20 heavy (non-hydrogen) atoms. The Kier molecular flexibility index (Phi) is 3.48. The van der Waals surface area contributed by atoms with Crippen LogP contribution in [0.25, 0.3) is 0 Å². The third-order valence-electron chi connectivity index (χ3n) is 4.30. The minimum absolute atomic E-state index is 0.152. The van der Waals surface area contributed by atoms with Crippen molar-refractivity contribution in [2.75, 3.05) is 24.1 Å². The molecule has 2 saturated heterocycles. The second-order valence-corrected chi connectivity index (χ2v) is 5.67. The van der Waals surface area contributed by atoms with Crippen LogP contribution < -0.4 is 11.1 Å². The van der Waals surface area contributed by atoms with E-state index in [0.29, 0.717) is 23.6 Å². The maximum Gasteiger partial charge on any atom is 0.339 e. The van der Waals surface area contributed by atoms with Crippen LogP contribution in [-0.2, 0) is 0 Å². The Morgan fingerprint density at radius 2 is 2.30 bits per heavy atom. The zero-order valence-electron chi connectivity index (χ0n) is 11.4. The summed E-state index contributed by atoms with van der Waals surface area (Å²) in [6, 6.07) is 2.40. The topological polar surface area (TPSA) is 91.5 Å². The van der Waals surface area contributed by atoms with E-state index in [-0.39, 0.29) is 5.56 Å². The summed E-state index contributed by atoms with van der Waals surface area (Å²) in [6.07, 6.45) is 6.11. The molecule has 0 bridgehead atoms. The number of aromatic carboxylic acids is 1. The van der Waals surface area contributed by atoms with E-state index in [1.807, 2.05) is 0 Å². The molecule has 1 aromatic rings. The first-order chi connectivity index (χ1) is 9.63. The van der Waals surface area contributed by atoms with Crippen molar-refractivity contribution in [3.63, 3.8) is 0 Å². The van der Waals surface area contributed by atoms with E-state index in [0.717, 1.165) is 19.4 Å². The molecule has 3 heterocycles. The summed E-state index contributed by atoms with van der Waals surface area (Å²) < 4.78 is 0. The van der Waals surface area contributed by atoms with Crippen molar-refractivity contribution in [3.8, 4) is 0 Å². The highest BCUT2D eigenvalue weighted by Gasteiger charge is 2.32. The fourth-order valence-electron chi connectivity index (χ4n) is 3.31. The molecular formula is C14H20N4O2. The average molecular weight is 276 g/mol. The number of hydrogen-bond donors (Lipinski definition) is 3. The Bertz CT molecular complexity index is 520. The number of carboxylic acid groups (broad SMARTS) is 1. The number of fused-ring (bicyclic) bond motifs is 1. The molecule has 3 rings (SSSR count). The van der Waals surface area contributed by atoms with Crippen LogP contribution in [0.3, 0.4) is 0 Å². The van der Waals surface area contributed by atoms with Crippen molar-refractivity contribution >= 4 is 17.5 Å². The van der Waals surface area contributed by atoms with Crippen LogP contribution in [0, 0.1) is 0 Å². The largest absolute Gasteiger partial charge is 0.478 e. The molecule has 0 aromatic carbocycles.